The molecule has 0 rings (SSSR count). The number of nitrogens with one attached hydrogen (secondary N) is 2. The summed E-state index contributed by atoms with van der Waals surface area (Å²) in [5, 5.41) is 5.55. The number of hydrogen-bond acceptors (Lipinski definition) is 7. The maximum Gasteiger partial charge on any atom is 0.233 e. The Kier molecular flexibility index (Phi) is 19.8. The molecule has 8 N–H and O–H groups in total. The van der Waals surface area contributed by atoms with Crippen LogP contribution in [0.25, 0.3) is 0 Å². The van der Waals surface area contributed by atoms with Crippen molar-refractivity contribution in [2.75, 3.05) is 26.2 Å². The summed E-state index contributed by atoms with van der Waals surface area (Å²) < 4.78 is 0. The zero-order valence-electron chi connectivity index (χ0n) is 20.6. The highest BCUT2D eigenvalue weighted by atomic mass is 16.2. The van der Waals surface area contributed by atoms with E-state index in [1.54, 1.807) is 0 Å². The Labute approximate surface area is 203 Å². The number of amides is 3. The highest BCUT2D eigenvalue weighted by Crippen LogP contribution is 2.16. The molecular formula is C24H45N5O5. The van der Waals surface area contributed by atoms with E-state index in [0.717, 1.165) is 51.4 Å². The van der Waals surface area contributed by atoms with Gasteiger partial charge in [-0.05, 0) is 38.5 Å². The Balaban J connectivity index is 3.80. The van der Waals surface area contributed by atoms with E-state index in [-0.39, 0.29) is 42.9 Å². The lowest BCUT2D eigenvalue weighted by Gasteiger charge is -2.13. The molecule has 196 valence electrons. The van der Waals surface area contributed by atoms with Crippen LogP contribution in [0.1, 0.15) is 89.9 Å². The fourth-order valence-electron chi connectivity index (χ4n) is 3.54. The predicted molar refractivity (Wildman–Crippen MR) is 131 cm³/mol. The van der Waals surface area contributed by atoms with Crippen LogP contribution in [0.4, 0.5) is 0 Å². The van der Waals surface area contributed by atoms with Crippen LogP contribution in [0.3, 0.4) is 0 Å². The molecule has 0 spiro atoms. The van der Waals surface area contributed by atoms with Gasteiger partial charge >= 0.3 is 0 Å². The molecule has 0 radical (unpaired) electrons. The second-order valence-corrected chi connectivity index (χ2v) is 8.71. The third-order valence-corrected chi connectivity index (χ3v) is 5.66. The fourth-order valence-corrected chi connectivity index (χ4v) is 3.54. The highest BCUT2D eigenvalue weighted by Gasteiger charge is 2.18. The number of carbonyl (C=O) groups is 5. The fraction of sp³-hybridized carbons (Fsp3) is 0.792. The molecule has 0 aliphatic rings. The summed E-state index contributed by atoms with van der Waals surface area (Å²) >= 11 is 0. The molecule has 0 aliphatic carbocycles. The van der Waals surface area contributed by atoms with Gasteiger partial charge in [0.2, 0.25) is 17.7 Å². The summed E-state index contributed by atoms with van der Waals surface area (Å²) in [4.78, 5) is 57.9. The Morgan fingerprint density at radius 3 is 1.71 bits per heavy atom. The van der Waals surface area contributed by atoms with Crippen molar-refractivity contribution in [2.24, 2.45) is 23.1 Å². The van der Waals surface area contributed by atoms with E-state index in [0.29, 0.717) is 45.2 Å². The summed E-state index contributed by atoms with van der Waals surface area (Å²) in [7, 11) is 0. The van der Waals surface area contributed by atoms with Gasteiger partial charge < -0.3 is 27.8 Å². The number of primary amides is 1. The van der Waals surface area contributed by atoms with Gasteiger partial charge in [-0.15, -0.1) is 0 Å². The third-order valence-electron chi connectivity index (χ3n) is 5.66. The molecule has 0 bridgehead atoms. The minimum absolute atomic E-state index is 0.0139. The van der Waals surface area contributed by atoms with Gasteiger partial charge in [-0.1, -0.05) is 25.7 Å². The summed E-state index contributed by atoms with van der Waals surface area (Å²) in [5.41, 5.74) is 15.9. The molecule has 0 saturated carbocycles. The number of nitrogens with two attached hydrogens (primary N) is 3. The first-order valence-corrected chi connectivity index (χ1v) is 12.6. The Bertz CT molecular complexity index is 627. The van der Waals surface area contributed by atoms with Crippen molar-refractivity contribution in [3.05, 3.63) is 0 Å². The van der Waals surface area contributed by atoms with Gasteiger partial charge in [0.25, 0.3) is 0 Å². The molecule has 0 aromatic heterocycles. The molecule has 0 aliphatic heterocycles. The summed E-state index contributed by atoms with van der Waals surface area (Å²) in [6.45, 7) is 1.16. The predicted octanol–water partition coefficient (Wildman–Crippen LogP) is 0.837. The van der Waals surface area contributed by atoms with Crippen molar-refractivity contribution >= 4 is 29.3 Å². The minimum atomic E-state index is -0.467. The van der Waals surface area contributed by atoms with E-state index >= 15 is 0 Å². The standard InChI is InChI=1S/C24H45N5O5/c25-17-21(31)12-5-2-1-4-11-20(30)16-19(24(27)34)10-7-9-15-28-22(32)13-6-3-8-14-29-23(33)18-26/h19H,1-18,25-26H2,(H2,27,34)(H,28,32)(H,29,33). The molecular weight excluding hydrogens is 438 g/mol. The Morgan fingerprint density at radius 1 is 0.588 bits per heavy atom. The van der Waals surface area contributed by atoms with Gasteiger partial charge in [0.1, 0.15) is 11.6 Å². The van der Waals surface area contributed by atoms with Crippen molar-refractivity contribution in [2.45, 2.75) is 89.9 Å². The normalized spacial score (nSPS) is 11.6. The van der Waals surface area contributed by atoms with Crippen LogP contribution < -0.4 is 27.8 Å². The van der Waals surface area contributed by atoms with Crippen LogP contribution in [-0.2, 0) is 24.0 Å². The monoisotopic (exact) mass is 483 g/mol. The van der Waals surface area contributed by atoms with E-state index in [1.807, 2.05) is 0 Å². The molecule has 0 saturated heterocycles. The molecule has 0 aromatic carbocycles. The maximum atomic E-state index is 12.2. The quantitative estimate of drug-likeness (QED) is 0.133. The van der Waals surface area contributed by atoms with Gasteiger partial charge in [0, 0.05) is 44.7 Å². The van der Waals surface area contributed by atoms with Gasteiger partial charge in [-0.2, -0.15) is 0 Å². The SMILES string of the molecule is NCC(=O)CCCCCCC(=O)CC(CCCCNC(=O)CCCCCNC(=O)CN)C(N)=O. The first-order chi connectivity index (χ1) is 16.3. The summed E-state index contributed by atoms with van der Waals surface area (Å²) in [5.74, 6) is -1.02. The van der Waals surface area contributed by atoms with Crippen LogP contribution in [0.15, 0.2) is 0 Å². The van der Waals surface area contributed by atoms with Crippen molar-refractivity contribution in [3.63, 3.8) is 0 Å². The van der Waals surface area contributed by atoms with Crippen LogP contribution in [0, 0.1) is 5.92 Å². The van der Waals surface area contributed by atoms with Gasteiger partial charge in [0.15, 0.2) is 0 Å². The number of rotatable bonds is 23. The van der Waals surface area contributed by atoms with Crippen LogP contribution in [0.2, 0.25) is 0 Å². The number of carbonyl (C=O) groups excluding carboxylic acids is 5. The van der Waals surface area contributed by atoms with E-state index in [4.69, 9.17) is 17.2 Å². The van der Waals surface area contributed by atoms with Gasteiger partial charge in [-0.3, -0.25) is 24.0 Å². The van der Waals surface area contributed by atoms with E-state index in [9.17, 15) is 24.0 Å². The summed E-state index contributed by atoms with van der Waals surface area (Å²) in [6.07, 6.45) is 9.17. The number of hydrogen-bond donors (Lipinski definition) is 5. The summed E-state index contributed by atoms with van der Waals surface area (Å²) in [6, 6.07) is 0. The molecule has 0 heterocycles. The van der Waals surface area contributed by atoms with Crippen molar-refractivity contribution < 1.29 is 24.0 Å². The average molecular weight is 484 g/mol. The second-order valence-electron chi connectivity index (χ2n) is 8.71. The Morgan fingerprint density at radius 2 is 1.12 bits per heavy atom. The van der Waals surface area contributed by atoms with Crippen molar-refractivity contribution in [1.82, 2.24) is 10.6 Å². The first kappa shape index (κ1) is 31.7. The molecule has 1 atom stereocenters. The maximum absolute atomic E-state index is 12.2. The van der Waals surface area contributed by atoms with Crippen LogP contribution in [-0.4, -0.2) is 55.5 Å². The average Bonchev–Trinajstić information content (AvgIpc) is 2.81. The van der Waals surface area contributed by atoms with Gasteiger partial charge in [-0.25, -0.2) is 0 Å². The van der Waals surface area contributed by atoms with Crippen LogP contribution in [0.5, 0.6) is 0 Å². The topological polar surface area (TPSA) is 187 Å². The lowest BCUT2D eigenvalue weighted by Crippen LogP contribution is -2.30. The van der Waals surface area contributed by atoms with Crippen molar-refractivity contribution in [3.8, 4) is 0 Å². The Hall–Kier alpha value is -2.33. The molecule has 3 amide bonds. The number of ketones is 2. The lowest BCUT2D eigenvalue weighted by atomic mass is 9.93. The zero-order chi connectivity index (χ0) is 25.6. The number of unbranched alkanes of at least 4 members (excludes halogenated alkanes) is 6. The molecule has 34 heavy (non-hydrogen) atoms. The zero-order valence-corrected chi connectivity index (χ0v) is 20.6. The molecule has 1 unspecified atom stereocenters. The number of Topliss-reactive ketones (excluding diaryl/α,β-unsaturated/α-hetero) is 2. The highest BCUT2D eigenvalue weighted by molar-refractivity contribution is 5.86. The van der Waals surface area contributed by atoms with E-state index in [1.165, 1.54) is 0 Å². The molecule has 10 nitrogen and oxygen atoms in total. The van der Waals surface area contributed by atoms with E-state index in [2.05, 4.69) is 10.6 Å². The smallest absolute Gasteiger partial charge is 0.233 e. The van der Waals surface area contributed by atoms with Gasteiger partial charge in [0.05, 0.1) is 13.1 Å². The largest absolute Gasteiger partial charge is 0.369 e. The van der Waals surface area contributed by atoms with Crippen LogP contribution >= 0.6 is 0 Å². The molecule has 0 aromatic rings. The first-order valence-electron chi connectivity index (χ1n) is 12.6. The molecule has 0 fully saturated rings. The third kappa shape index (κ3) is 19.2. The molecule has 10 heteroatoms. The van der Waals surface area contributed by atoms with Crippen molar-refractivity contribution in [1.29, 1.82) is 0 Å². The second kappa shape index (κ2) is 21.2. The van der Waals surface area contributed by atoms with E-state index < -0.39 is 11.8 Å². The minimum Gasteiger partial charge on any atom is -0.369 e. The lowest BCUT2D eigenvalue weighted by molar-refractivity contribution is -0.127.